The van der Waals surface area contributed by atoms with Gasteiger partial charge in [-0.25, -0.2) is 4.79 Å². The number of hydrogen-bond donors (Lipinski definition) is 3. The lowest BCUT2D eigenvalue weighted by Crippen LogP contribution is -2.39. The molecule has 1 heterocycles. The molecular weight excluding hydrogens is 276 g/mol. The Morgan fingerprint density at radius 1 is 1.40 bits per heavy atom. The van der Waals surface area contributed by atoms with Crippen molar-refractivity contribution >= 4 is 23.2 Å². The van der Waals surface area contributed by atoms with Gasteiger partial charge in [-0.1, -0.05) is 6.07 Å². The Kier molecular flexibility index (Phi) is 5.14. The summed E-state index contributed by atoms with van der Waals surface area (Å²) in [6.07, 6.45) is 3.49. The van der Waals surface area contributed by atoms with Gasteiger partial charge in [0.1, 0.15) is 0 Å². The van der Waals surface area contributed by atoms with Crippen LogP contribution in [0.4, 0.5) is 0 Å². The monoisotopic (exact) mass is 296 g/mol. The van der Waals surface area contributed by atoms with Gasteiger partial charge in [0.25, 0.3) is 0 Å². The average molecular weight is 296 g/mol. The van der Waals surface area contributed by atoms with Crippen LogP contribution in [-0.4, -0.2) is 23.5 Å². The van der Waals surface area contributed by atoms with E-state index in [9.17, 15) is 14.7 Å². The second-order valence-corrected chi connectivity index (χ2v) is 6.23. The van der Waals surface area contributed by atoms with Crippen LogP contribution in [0.5, 0.6) is 0 Å². The molecule has 1 aromatic rings. The molecule has 0 spiro atoms. The molecule has 6 heteroatoms. The third-order valence-corrected chi connectivity index (χ3v) is 4.85. The second kappa shape index (κ2) is 6.85. The number of nitrogens with one attached hydrogen (secondary N) is 1. The van der Waals surface area contributed by atoms with Gasteiger partial charge in [0.15, 0.2) is 6.04 Å². The standard InChI is InChI=1S/C14H20N2O3S/c15-8-9-3-5-10(6-4-9)13(17)16-12(14(18)19)11-2-1-7-20-11/h1-2,7,9-10,12H,3-6,8,15H2,(H,16,17)(H,18,19). The molecular formula is C14H20N2O3S. The van der Waals surface area contributed by atoms with E-state index in [1.807, 2.05) is 5.38 Å². The zero-order chi connectivity index (χ0) is 14.5. The Labute approximate surface area is 122 Å². The van der Waals surface area contributed by atoms with E-state index < -0.39 is 12.0 Å². The SMILES string of the molecule is NCC1CCC(C(=O)NC(C(=O)O)c2cccs2)CC1. The van der Waals surface area contributed by atoms with Crippen LogP contribution in [0.15, 0.2) is 17.5 Å². The number of carbonyl (C=O) groups excluding carboxylic acids is 1. The maximum absolute atomic E-state index is 12.2. The molecule has 1 fully saturated rings. The largest absolute Gasteiger partial charge is 0.479 e. The van der Waals surface area contributed by atoms with Gasteiger partial charge >= 0.3 is 5.97 Å². The van der Waals surface area contributed by atoms with Crippen LogP contribution in [0.25, 0.3) is 0 Å². The van der Waals surface area contributed by atoms with Crippen LogP contribution in [0.2, 0.25) is 0 Å². The van der Waals surface area contributed by atoms with Crippen molar-refractivity contribution in [2.24, 2.45) is 17.6 Å². The maximum Gasteiger partial charge on any atom is 0.331 e. The van der Waals surface area contributed by atoms with E-state index in [0.29, 0.717) is 17.3 Å². The first-order valence-electron chi connectivity index (χ1n) is 6.88. The molecule has 0 aliphatic heterocycles. The van der Waals surface area contributed by atoms with Crippen LogP contribution >= 0.6 is 11.3 Å². The van der Waals surface area contributed by atoms with Crippen molar-refractivity contribution in [1.29, 1.82) is 0 Å². The number of thiophene rings is 1. The van der Waals surface area contributed by atoms with E-state index in [4.69, 9.17) is 5.73 Å². The molecule has 0 aromatic carbocycles. The lowest BCUT2D eigenvalue weighted by atomic mass is 9.81. The van der Waals surface area contributed by atoms with Crippen LogP contribution < -0.4 is 11.1 Å². The lowest BCUT2D eigenvalue weighted by molar-refractivity contribution is -0.142. The molecule has 20 heavy (non-hydrogen) atoms. The summed E-state index contributed by atoms with van der Waals surface area (Å²) in [6.45, 7) is 0.668. The zero-order valence-electron chi connectivity index (χ0n) is 11.2. The van der Waals surface area contributed by atoms with Crippen LogP contribution in [0.1, 0.15) is 36.6 Å². The number of carbonyl (C=O) groups is 2. The molecule has 0 saturated heterocycles. The molecule has 1 aliphatic carbocycles. The Balaban J connectivity index is 1.94. The molecule has 1 amide bonds. The zero-order valence-corrected chi connectivity index (χ0v) is 12.1. The van der Waals surface area contributed by atoms with Crippen LogP contribution in [-0.2, 0) is 9.59 Å². The van der Waals surface area contributed by atoms with Gasteiger partial charge in [0, 0.05) is 10.8 Å². The average Bonchev–Trinajstić information content (AvgIpc) is 2.98. The van der Waals surface area contributed by atoms with Crippen LogP contribution in [0.3, 0.4) is 0 Å². The summed E-state index contributed by atoms with van der Waals surface area (Å²) >= 11 is 1.34. The van der Waals surface area contributed by atoms with Crippen molar-refractivity contribution in [1.82, 2.24) is 5.32 Å². The summed E-state index contributed by atoms with van der Waals surface area (Å²) in [5.74, 6) is -0.746. The summed E-state index contributed by atoms with van der Waals surface area (Å²) in [4.78, 5) is 24.1. The molecule has 2 rings (SSSR count). The van der Waals surface area contributed by atoms with Gasteiger partial charge in [-0.3, -0.25) is 4.79 Å². The normalized spacial score (nSPS) is 24.1. The highest BCUT2D eigenvalue weighted by molar-refractivity contribution is 7.10. The topological polar surface area (TPSA) is 92.4 Å². The van der Waals surface area contributed by atoms with E-state index in [1.165, 1.54) is 11.3 Å². The van der Waals surface area contributed by atoms with Crippen molar-refractivity contribution in [3.05, 3.63) is 22.4 Å². The number of amides is 1. The van der Waals surface area contributed by atoms with Gasteiger partial charge in [-0.05, 0) is 49.6 Å². The van der Waals surface area contributed by atoms with Crippen molar-refractivity contribution in [3.63, 3.8) is 0 Å². The maximum atomic E-state index is 12.2. The quantitative estimate of drug-likeness (QED) is 0.772. The molecule has 1 aliphatic rings. The summed E-state index contributed by atoms with van der Waals surface area (Å²) in [6, 6.07) is 2.58. The summed E-state index contributed by atoms with van der Waals surface area (Å²) in [5, 5.41) is 13.7. The first kappa shape index (κ1) is 15.0. The second-order valence-electron chi connectivity index (χ2n) is 5.25. The van der Waals surface area contributed by atoms with E-state index in [0.717, 1.165) is 25.7 Å². The Morgan fingerprint density at radius 2 is 2.10 bits per heavy atom. The summed E-state index contributed by atoms with van der Waals surface area (Å²) in [7, 11) is 0. The summed E-state index contributed by atoms with van der Waals surface area (Å²) in [5.41, 5.74) is 5.63. The molecule has 1 unspecified atom stereocenters. The minimum absolute atomic E-state index is 0.0837. The van der Waals surface area contributed by atoms with Crippen molar-refractivity contribution in [3.8, 4) is 0 Å². The molecule has 1 saturated carbocycles. The number of hydrogen-bond acceptors (Lipinski definition) is 4. The lowest BCUT2D eigenvalue weighted by Gasteiger charge is -2.27. The fourth-order valence-electron chi connectivity index (χ4n) is 2.63. The number of rotatable bonds is 5. The van der Waals surface area contributed by atoms with Crippen LogP contribution in [0, 0.1) is 11.8 Å². The minimum atomic E-state index is -1.02. The molecule has 5 nitrogen and oxygen atoms in total. The molecule has 0 bridgehead atoms. The van der Waals surface area contributed by atoms with Gasteiger partial charge in [-0.2, -0.15) is 0 Å². The minimum Gasteiger partial charge on any atom is -0.479 e. The molecule has 1 aromatic heterocycles. The van der Waals surface area contributed by atoms with Crippen molar-refractivity contribution in [2.45, 2.75) is 31.7 Å². The first-order valence-corrected chi connectivity index (χ1v) is 7.76. The van der Waals surface area contributed by atoms with Gasteiger partial charge in [-0.15, -0.1) is 11.3 Å². The number of aliphatic carboxylic acids is 1. The highest BCUT2D eigenvalue weighted by Gasteiger charge is 2.29. The third-order valence-electron chi connectivity index (χ3n) is 3.91. The van der Waals surface area contributed by atoms with Crippen molar-refractivity contribution < 1.29 is 14.7 Å². The number of carboxylic acids is 1. The fraction of sp³-hybridized carbons (Fsp3) is 0.571. The Bertz CT molecular complexity index is 453. The summed E-state index contributed by atoms with van der Waals surface area (Å²) < 4.78 is 0. The number of nitrogens with two attached hydrogens (primary N) is 1. The number of carboxylic acid groups (broad SMARTS) is 1. The van der Waals surface area contributed by atoms with E-state index in [-0.39, 0.29) is 11.8 Å². The van der Waals surface area contributed by atoms with Crippen molar-refractivity contribution in [2.75, 3.05) is 6.54 Å². The Hall–Kier alpha value is -1.40. The van der Waals surface area contributed by atoms with Gasteiger partial charge in [0.2, 0.25) is 5.91 Å². The highest BCUT2D eigenvalue weighted by Crippen LogP contribution is 2.29. The van der Waals surface area contributed by atoms with E-state index in [2.05, 4.69) is 5.32 Å². The smallest absolute Gasteiger partial charge is 0.331 e. The fourth-order valence-corrected chi connectivity index (χ4v) is 3.40. The van der Waals surface area contributed by atoms with Gasteiger partial charge in [0.05, 0.1) is 0 Å². The molecule has 4 N–H and O–H groups in total. The third kappa shape index (κ3) is 3.58. The van der Waals surface area contributed by atoms with E-state index >= 15 is 0 Å². The predicted octanol–water partition coefficient (Wildman–Crippen LogP) is 1.76. The van der Waals surface area contributed by atoms with E-state index in [1.54, 1.807) is 12.1 Å². The molecule has 0 radical (unpaired) electrons. The Morgan fingerprint density at radius 3 is 2.60 bits per heavy atom. The molecule has 1 atom stereocenters. The van der Waals surface area contributed by atoms with Gasteiger partial charge < -0.3 is 16.2 Å². The predicted molar refractivity (Wildman–Crippen MR) is 77.3 cm³/mol. The highest BCUT2D eigenvalue weighted by atomic mass is 32.1. The first-order chi connectivity index (χ1) is 9.61. The molecule has 110 valence electrons.